The van der Waals surface area contributed by atoms with E-state index in [0.717, 1.165) is 5.69 Å². The Balaban J connectivity index is 2.53. The molecule has 96 valence electrons. The highest BCUT2D eigenvalue weighted by atomic mass is 32.1. The Morgan fingerprint density at radius 1 is 1.71 bits per heavy atom. The molecule has 0 saturated carbocycles. The molecule has 1 N–H and O–H groups in total. The van der Waals surface area contributed by atoms with Crippen molar-refractivity contribution in [3.8, 4) is 0 Å². The van der Waals surface area contributed by atoms with Crippen molar-refractivity contribution in [2.45, 2.75) is 26.5 Å². The molecule has 0 fully saturated rings. The molecule has 5 nitrogen and oxygen atoms in total. The number of aliphatic hydroxyl groups excluding tert-OH is 1. The maximum Gasteiger partial charge on any atom is 0.367 e. The zero-order valence-electron chi connectivity index (χ0n) is 10.3. The Morgan fingerprint density at radius 2 is 2.41 bits per heavy atom. The van der Waals surface area contributed by atoms with Crippen molar-refractivity contribution in [1.29, 1.82) is 0 Å². The van der Waals surface area contributed by atoms with Gasteiger partial charge in [-0.05, 0) is 20.9 Å². The van der Waals surface area contributed by atoms with Crippen LogP contribution in [0.25, 0.3) is 0 Å². The fraction of sp³-hybridized carbons (Fsp3) is 0.636. The smallest absolute Gasteiger partial charge is 0.367 e. The third kappa shape index (κ3) is 4.80. The molecule has 0 radical (unpaired) electrons. The summed E-state index contributed by atoms with van der Waals surface area (Å²) in [7, 11) is 1.90. The molecule has 1 atom stereocenters. The number of nitrogens with zero attached hydrogens (tertiary/aromatic N) is 2. The van der Waals surface area contributed by atoms with Gasteiger partial charge in [-0.1, -0.05) is 0 Å². The molecule has 0 aliphatic carbocycles. The number of rotatable bonds is 6. The molecule has 0 aliphatic heterocycles. The molecule has 0 aromatic carbocycles. The monoisotopic (exact) mass is 258 g/mol. The van der Waals surface area contributed by atoms with Crippen molar-refractivity contribution in [2.24, 2.45) is 0 Å². The van der Waals surface area contributed by atoms with Crippen LogP contribution in [-0.4, -0.2) is 47.3 Å². The van der Waals surface area contributed by atoms with Crippen molar-refractivity contribution >= 4 is 17.3 Å². The minimum Gasteiger partial charge on any atom is -0.461 e. The summed E-state index contributed by atoms with van der Waals surface area (Å²) in [6.45, 7) is 5.05. The highest BCUT2D eigenvalue weighted by molar-refractivity contribution is 7.11. The molecule has 1 aromatic rings. The van der Waals surface area contributed by atoms with Crippen LogP contribution in [0.3, 0.4) is 0 Å². The van der Waals surface area contributed by atoms with Crippen molar-refractivity contribution in [2.75, 3.05) is 20.2 Å². The second-order valence-corrected chi connectivity index (χ2v) is 4.77. The van der Waals surface area contributed by atoms with E-state index in [2.05, 4.69) is 4.98 Å². The Morgan fingerprint density at radius 3 is 3.00 bits per heavy atom. The van der Waals surface area contributed by atoms with Gasteiger partial charge in [-0.3, -0.25) is 4.90 Å². The minimum absolute atomic E-state index is 0.357. The molecule has 17 heavy (non-hydrogen) atoms. The quantitative estimate of drug-likeness (QED) is 0.775. The first-order chi connectivity index (χ1) is 8.02. The molecule has 0 amide bonds. The number of carbonyl (C=O) groups excluding carboxylic acids is 1. The lowest BCUT2D eigenvalue weighted by Gasteiger charge is -2.16. The molecule has 0 spiro atoms. The molecule has 1 aromatic heterocycles. The van der Waals surface area contributed by atoms with Gasteiger partial charge in [0.1, 0.15) is 0 Å². The normalized spacial score (nSPS) is 12.8. The molecule has 1 rings (SSSR count). The molecule has 1 heterocycles. The summed E-state index contributed by atoms with van der Waals surface area (Å²) < 4.78 is 4.87. The molecular formula is C11H18N2O3S. The van der Waals surface area contributed by atoms with Crippen LogP contribution in [0.15, 0.2) is 5.38 Å². The van der Waals surface area contributed by atoms with E-state index < -0.39 is 0 Å². The van der Waals surface area contributed by atoms with Crippen LogP contribution in [0, 0.1) is 0 Å². The summed E-state index contributed by atoms with van der Waals surface area (Å²) >= 11 is 1.28. The van der Waals surface area contributed by atoms with Crippen LogP contribution in [0.1, 0.15) is 29.3 Å². The molecular weight excluding hydrogens is 240 g/mol. The average molecular weight is 258 g/mol. The molecule has 6 heteroatoms. The van der Waals surface area contributed by atoms with E-state index in [4.69, 9.17) is 4.74 Å². The SMILES string of the molecule is CCOC(=O)c1nc(CN(C)CC(C)O)cs1. The van der Waals surface area contributed by atoms with E-state index in [9.17, 15) is 9.90 Å². The van der Waals surface area contributed by atoms with Gasteiger partial charge < -0.3 is 9.84 Å². The van der Waals surface area contributed by atoms with E-state index in [1.165, 1.54) is 11.3 Å². The van der Waals surface area contributed by atoms with Gasteiger partial charge in [0, 0.05) is 18.5 Å². The Labute approximate surface area is 105 Å². The lowest BCUT2D eigenvalue weighted by Crippen LogP contribution is -2.26. The van der Waals surface area contributed by atoms with E-state index in [1.54, 1.807) is 13.8 Å². The van der Waals surface area contributed by atoms with Gasteiger partial charge in [-0.15, -0.1) is 11.3 Å². The Bertz CT molecular complexity index is 365. The van der Waals surface area contributed by atoms with Crippen molar-refractivity contribution in [3.63, 3.8) is 0 Å². The van der Waals surface area contributed by atoms with Crippen LogP contribution >= 0.6 is 11.3 Å². The van der Waals surface area contributed by atoms with Crippen molar-refractivity contribution < 1.29 is 14.6 Å². The molecule has 0 bridgehead atoms. The van der Waals surface area contributed by atoms with Gasteiger partial charge in [-0.25, -0.2) is 9.78 Å². The van der Waals surface area contributed by atoms with E-state index in [0.29, 0.717) is 24.7 Å². The highest BCUT2D eigenvalue weighted by Gasteiger charge is 2.13. The maximum atomic E-state index is 11.4. The number of aromatic nitrogens is 1. The molecule has 0 saturated heterocycles. The lowest BCUT2D eigenvalue weighted by atomic mass is 10.3. The first kappa shape index (κ1) is 14.1. The van der Waals surface area contributed by atoms with Crippen molar-refractivity contribution in [1.82, 2.24) is 9.88 Å². The molecule has 1 unspecified atom stereocenters. The van der Waals surface area contributed by atoms with Gasteiger partial charge in [0.05, 0.1) is 18.4 Å². The van der Waals surface area contributed by atoms with Gasteiger partial charge in [0.25, 0.3) is 0 Å². The van der Waals surface area contributed by atoms with Crippen LogP contribution in [-0.2, 0) is 11.3 Å². The Hall–Kier alpha value is -0.980. The average Bonchev–Trinajstić information content (AvgIpc) is 2.65. The molecule has 0 aliphatic rings. The number of hydrogen-bond donors (Lipinski definition) is 1. The van der Waals surface area contributed by atoms with E-state index in [1.807, 2.05) is 17.3 Å². The number of ether oxygens (including phenoxy) is 1. The summed E-state index contributed by atoms with van der Waals surface area (Å²) in [5, 5.41) is 11.5. The summed E-state index contributed by atoms with van der Waals surface area (Å²) in [4.78, 5) is 17.5. The lowest BCUT2D eigenvalue weighted by molar-refractivity contribution is 0.0525. The maximum absolute atomic E-state index is 11.4. The summed E-state index contributed by atoms with van der Waals surface area (Å²) in [6.07, 6.45) is -0.372. The number of aliphatic hydroxyl groups is 1. The zero-order valence-corrected chi connectivity index (χ0v) is 11.2. The number of carbonyl (C=O) groups is 1. The van der Waals surface area contributed by atoms with E-state index >= 15 is 0 Å². The van der Waals surface area contributed by atoms with Gasteiger partial charge >= 0.3 is 5.97 Å². The predicted molar refractivity (Wildman–Crippen MR) is 66.1 cm³/mol. The number of hydrogen-bond acceptors (Lipinski definition) is 6. The topological polar surface area (TPSA) is 62.7 Å². The first-order valence-corrected chi connectivity index (χ1v) is 6.39. The highest BCUT2D eigenvalue weighted by Crippen LogP contribution is 2.12. The third-order valence-corrected chi connectivity index (χ3v) is 2.88. The van der Waals surface area contributed by atoms with E-state index in [-0.39, 0.29) is 12.1 Å². The Kier molecular flexibility index (Phi) is 5.54. The number of likely N-dealkylation sites (N-methyl/N-ethyl adjacent to an activating group) is 1. The zero-order chi connectivity index (χ0) is 12.8. The minimum atomic E-state index is -0.373. The summed E-state index contributed by atoms with van der Waals surface area (Å²) in [6, 6.07) is 0. The van der Waals surface area contributed by atoms with Crippen LogP contribution in [0.2, 0.25) is 0 Å². The summed E-state index contributed by atoms with van der Waals surface area (Å²) in [5.74, 6) is -0.373. The van der Waals surface area contributed by atoms with Crippen LogP contribution in [0.4, 0.5) is 0 Å². The second-order valence-electron chi connectivity index (χ2n) is 3.91. The van der Waals surface area contributed by atoms with Crippen LogP contribution in [0.5, 0.6) is 0 Å². The fourth-order valence-corrected chi connectivity index (χ4v) is 2.16. The predicted octanol–water partition coefficient (Wildman–Crippen LogP) is 1.13. The van der Waals surface area contributed by atoms with Crippen LogP contribution < -0.4 is 0 Å². The van der Waals surface area contributed by atoms with Gasteiger partial charge in [-0.2, -0.15) is 0 Å². The van der Waals surface area contributed by atoms with Gasteiger partial charge in [0.2, 0.25) is 5.01 Å². The standard InChI is InChI=1S/C11H18N2O3S/c1-4-16-11(15)10-12-9(7-17-10)6-13(3)5-8(2)14/h7-8,14H,4-6H2,1-3H3. The van der Waals surface area contributed by atoms with Gasteiger partial charge in [0.15, 0.2) is 0 Å². The fourth-order valence-electron chi connectivity index (χ4n) is 1.46. The third-order valence-electron chi connectivity index (χ3n) is 2.01. The second kappa shape index (κ2) is 6.68. The van der Waals surface area contributed by atoms with Crippen molar-refractivity contribution in [3.05, 3.63) is 16.1 Å². The largest absolute Gasteiger partial charge is 0.461 e. The number of thiazole rings is 1. The number of esters is 1. The first-order valence-electron chi connectivity index (χ1n) is 5.51. The summed E-state index contributed by atoms with van der Waals surface area (Å²) in [5.41, 5.74) is 0.821.